The summed E-state index contributed by atoms with van der Waals surface area (Å²) in [5.74, 6) is -1.32. The van der Waals surface area contributed by atoms with Gasteiger partial charge in [0.25, 0.3) is 0 Å². The third-order valence-corrected chi connectivity index (χ3v) is 5.33. The molecule has 0 saturated carbocycles. The second kappa shape index (κ2) is 18.7. The lowest BCUT2D eigenvalue weighted by atomic mass is 10.0. The zero-order valence-electron chi connectivity index (χ0n) is 28.4. The Morgan fingerprint density at radius 1 is 0.578 bits per heavy atom. The van der Waals surface area contributed by atoms with Crippen LogP contribution in [0.4, 0.5) is 4.79 Å². The minimum atomic E-state index is -1.32. The number of ether oxygens (including phenoxy) is 7. The van der Waals surface area contributed by atoms with Gasteiger partial charge in [-0.1, -0.05) is 30.3 Å². The van der Waals surface area contributed by atoms with Crippen LogP contribution in [0.5, 0.6) is 0 Å². The summed E-state index contributed by atoms with van der Waals surface area (Å²) in [6.45, 7) is 15.5. The van der Waals surface area contributed by atoms with Crippen molar-refractivity contribution in [3.8, 4) is 0 Å². The van der Waals surface area contributed by atoms with E-state index in [0.29, 0.717) is 0 Å². The highest BCUT2D eigenvalue weighted by atomic mass is 16.6. The van der Waals surface area contributed by atoms with Crippen LogP contribution < -0.4 is 5.32 Å². The average molecular weight is 640 g/mol. The molecule has 0 bridgehead atoms. The van der Waals surface area contributed by atoms with Gasteiger partial charge in [0.05, 0.1) is 58.9 Å². The van der Waals surface area contributed by atoms with Crippen molar-refractivity contribution < 1.29 is 52.3 Å². The van der Waals surface area contributed by atoms with E-state index in [9.17, 15) is 19.2 Å². The highest BCUT2D eigenvalue weighted by Crippen LogP contribution is 2.15. The summed E-state index contributed by atoms with van der Waals surface area (Å²) < 4.78 is 38.9. The molecule has 0 radical (unpaired) electrons. The van der Waals surface area contributed by atoms with Crippen LogP contribution >= 0.6 is 0 Å². The number of carbonyl (C=O) groups is 4. The van der Waals surface area contributed by atoms with Crippen LogP contribution in [0.25, 0.3) is 0 Å². The number of carbonyl (C=O) groups excluding carboxylic acids is 4. The van der Waals surface area contributed by atoms with E-state index in [4.69, 9.17) is 33.2 Å². The third-order valence-electron chi connectivity index (χ3n) is 5.33. The van der Waals surface area contributed by atoms with Crippen LogP contribution in [0.15, 0.2) is 30.3 Å². The Labute approximate surface area is 267 Å². The Balaban J connectivity index is 3.01. The van der Waals surface area contributed by atoms with Crippen molar-refractivity contribution in [2.45, 2.75) is 111 Å². The van der Waals surface area contributed by atoms with Gasteiger partial charge in [-0.05, 0) is 67.9 Å². The molecule has 0 fully saturated rings. The Bertz CT molecular complexity index is 965. The normalized spacial score (nSPS) is 12.3. The first kappa shape index (κ1) is 39.8. The molecule has 1 aromatic rings. The molecule has 0 aliphatic rings. The van der Waals surface area contributed by atoms with E-state index in [1.54, 1.807) is 62.3 Å². The number of esters is 3. The van der Waals surface area contributed by atoms with Gasteiger partial charge in [-0.25, -0.2) is 4.79 Å². The highest BCUT2D eigenvalue weighted by molar-refractivity contribution is 5.71. The number of hydrogen-bond donors (Lipinski definition) is 1. The van der Waals surface area contributed by atoms with Crippen LogP contribution in [0.3, 0.4) is 0 Å². The van der Waals surface area contributed by atoms with E-state index in [1.807, 2.05) is 30.3 Å². The molecule has 0 heterocycles. The molecule has 0 aliphatic heterocycles. The number of nitrogens with one attached hydrogen (secondary N) is 1. The van der Waals surface area contributed by atoms with Gasteiger partial charge in [-0.3, -0.25) is 14.4 Å². The Morgan fingerprint density at radius 2 is 0.933 bits per heavy atom. The topological polar surface area (TPSA) is 145 Å². The third kappa shape index (κ3) is 21.2. The van der Waals surface area contributed by atoms with Gasteiger partial charge in [0.2, 0.25) is 0 Å². The van der Waals surface area contributed by atoms with Gasteiger partial charge in [0.15, 0.2) is 0 Å². The second-order valence-electron chi connectivity index (χ2n) is 13.6. The van der Waals surface area contributed by atoms with Gasteiger partial charge in [0.1, 0.15) is 28.9 Å². The van der Waals surface area contributed by atoms with Crippen molar-refractivity contribution in [1.29, 1.82) is 0 Å². The molecule has 0 saturated heterocycles. The van der Waals surface area contributed by atoms with Crippen LogP contribution in [0, 0.1) is 0 Å². The minimum Gasteiger partial charge on any atom is -0.460 e. The predicted molar refractivity (Wildman–Crippen MR) is 166 cm³/mol. The zero-order chi connectivity index (χ0) is 34.2. The van der Waals surface area contributed by atoms with Gasteiger partial charge < -0.3 is 38.5 Å². The van der Waals surface area contributed by atoms with Crippen molar-refractivity contribution in [2.24, 2.45) is 0 Å². The van der Waals surface area contributed by atoms with E-state index >= 15 is 0 Å². The first-order valence-corrected chi connectivity index (χ1v) is 15.2. The van der Waals surface area contributed by atoms with E-state index in [0.717, 1.165) is 5.56 Å². The lowest BCUT2D eigenvalue weighted by Gasteiger charge is -2.34. The maximum absolute atomic E-state index is 13.0. The average Bonchev–Trinajstić information content (AvgIpc) is 2.88. The fraction of sp³-hybridized carbons (Fsp3) is 0.697. The van der Waals surface area contributed by atoms with Crippen LogP contribution in [0.2, 0.25) is 0 Å². The van der Waals surface area contributed by atoms with Crippen LogP contribution in [0.1, 0.15) is 87.1 Å². The molecule has 0 aliphatic carbocycles. The van der Waals surface area contributed by atoms with Crippen molar-refractivity contribution in [3.05, 3.63) is 35.9 Å². The van der Waals surface area contributed by atoms with E-state index in [1.165, 1.54) is 0 Å². The molecule has 0 unspecified atom stereocenters. The first-order valence-electron chi connectivity index (χ1n) is 15.2. The molecule has 1 N–H and O–H groups in total. The summed E-state index contributed by atoms with van der Waals surface area (Å²) in [6, 6.07) is 9.15. The van der Waals surface area contributed by atoms with Gasteiger partial charge in [-0.15, -0.1) is 0 Å². The number of benzene rings is 1. The van der Waals surface area contributed by atoms with Crippen molar-refractivity contribution in [2.75, 3.05) is 39.6 Å². The second-order valence-corrected chi connectivity index (χ2v) is 13.6. The molecule has 1 aromatic carbocycles. The van der Waals surface area contributed by atoms with Gasteiger partial charge in [-0.2, -0.15) is 0 Å². The molecule has 12 nitrogen and oxygen atoms in total. The lowest BCUT2D eigenvalue weighted by Crippen LogP contribution is -2.58. The fourth-order valence-electron chi connectivity index (χ4n) is 3.66. The predicted octanol–water partition coefficient (Wildman–Crippen LogP) is 4.90. The summed E-state index contributed by atoms with van der Waals surface area (Å²) in [7, 11) is 0. The molecule has 0 aromatic heterocycles. The molecule has 0 spiro atoms. The molecule has 256 valence electrons. The summed E-state index contributed by atoms with van der Waals surface area (Å²) in [5, 5.41) is 2.80. The smallest absolute Gasteiger partial charge is 0.408 e. The van der Waals surface area contributed by atoms with Crippen LogP contribution in [-0.4, -0.2) is 86.0 Å². The van der Waals surface area contributed by atoms with E-state index in [-0.39, 0.29) is 65.5 Å². The van der Waals surface area contributed by atoms with E-state index in [2.05, 4.69) is 5.32 Å². The van der Waals surface area contributed by atoms with Crippen molar-refractivity contribution in [3.63, 3.8) is 0 Å². The van der Waals surface area contributed by atoms with Crippen molar-refractivity contribution >= 4 is 24.0 Å². The number of hydrogen-bond acceptors (Lipinski definition) is 11. The number of amides is 1. The largest absolute Gasteiger partial charge is 0.460 e. The van der Waals surface area contributed by atoms with E-state index < -0.39 is 46.3 Å². The molecule has 1 rings (SSSR count). The highest BCUT2D eigenvalue weighted by Gasteiger charge is 2.35. The minimum absolute atomic E-state index is 0.00672. The summed E-state index contributed by atoms with van der Waals surface area (Å²) in [4.78, 5) is 49.6. The first-order chi connectivity index (χ1) is 20.8. The molecular formula is C33H53NO11. The summed E-state index contributed by atoms with van der Waals surface area (Å²) >= 11 is 0. The molecular weight excluding hydrogens is 586 g/mol. The molecule has 12 heteroatoms. The number of rotatable bonds is 18. The Hall–Kier alpha value is -3.22. The van der Waals surface area contributed by atoms with Gasteiger partial charge >= 0.3 is 24.0 Å². The van der Waals surface area contributed by atoms with Gasteiger partial charge in [0, 0.05) is 0 Å². The molecule has 1 amide bonds. The molecule has 45 heavy (non-hydrogen) atoms. The summed E-state index contributed by atoms with van der Waals surface area (Å²) in [5.41, 5.74) is -2.46. The SMILES string of the molecule is CC(C)(C)OC(=O)CCOCC(COCCC(=O)OC(C)(C)C)(COCCC(=O)OC(C)(C)C)NC(=O)OCc1ccccc1. The standard InChI is InChI=1S/C33H53NO11/c1-30(2,3)43-26(35)15-18-39-22-33(23-40-19-16-27(36)44-31(4,5)6,24-41-20-17-28(37)45-32(7,8)9)34-29(38)42-21-25-13-11-10-12-14-25/h10-14H,15-24H2,1-9H3,(H,34,38). The summed E-state index contributed by atoms with van der Waals surface area (Å²) in [6.07, 6.45) is -0.832. The Kier molecular flexibility index (Phi) is 16.5. The Morgan fingerprint density at radius 3 is 1.27 bits per heavy atom. The van der Waals surface area contributed by atoms with Crippen LogP contribution in [-0.2, 0) is 54.1 Å². The lowest BCUT2D eigenvalue weighted by molar-refractivity contribution is -0.157. The van der Waals surface area contributed by atoms with Crippen molar-refractivity contribution in [1.82, 2.24) is 5.32 Å². The number of alkyl carbamates (subject to hydrolysis) is 1. The zero-order valence-corrected chi connectivity index (χ0v) is 28.4. The monoisotopic (exact) mass is 639 g/mol. The maximum Gasteiger partial charge on any atom is 0.408 e. The fourth-order valence-corrected chi connectivity index (χ4v) is 3.66. The quantitative estimate of drug-likeness (QED) is 0.133. The maximum atomic E-state index is 13.0. The molecule has 0 atom stereocenters.